The average Bonchev–Trinajstić information content (AvgIpc) is 3.74. The van der Waals surface area contributed by atoms with Gasteiger partial charge in [-0.3, -0.25) is 29.0 Å². The van der Waals surface area contributed by atoms with Crippen LogP contribution in [0.3, 0.4) is 0 Å². The van der Waals surface area contributed by atoms with Crippen molar-refractivity contribution in [3.63, 3.8) is 0 Å². The molecule has 3 saturated carbocycles. The van der Waals surface area contributed by atoms with Crippen molar-refractivity contribution in [3.8, 4) is 11.8 Å². The minimum Gasteiger partial charge on any atom is -0.369 e. The van der Waals surface area contributed by atoms with Gasteiger partial charge in [0.25, 0.3) is 17.7 Å². The van der Waals surface area contributed by atoms with Gasteiger partial charge < -0.3 is 15.5 Å². The van der Waals surface area contributed by atoms with Crippen LogP contribution in [0.5, 0.6) is 0 Å². The van der Waals surface area contributed by atoms with E-state index in [2.05, 4.69) is 66.5 Å². The maximum absolute atomic E-state index is 13.4. The molecule has 0 spiro atoms. The molecule has 9 heteroatoms. The fourth-order valence-electron chi connectivity index (χ4n) is 10.9. The number of allylic oxidation sites excluding steroid dienone is 1. The van der Waals surface area contributed by atoms with E-state index in [1.807, 2.05) is 36.4 Å². The molecular formula is C43H51N5O4. The number of fused-ring (bicyclic) bond motifs is 3. The Balaban J connectivity index is 0.847. The van der Waals surface area contributed by atoms with E-state index in [-0.39, 0.29) is 34.1 Å². The molecule has 2 saturated heterocycles. The number of amides is 4. The summed E-state index contributed by atoms with van der Waals surface area (Å²) in [5.41, 5.74) is 4.58. The normalized spacial score (nSPS) is 29.3. The molecule has 3 heterocycles. The number of nitrogens with zero attached hydrogens (tertiary/aromatic N) is 3. The molecule has 4 amide bonds. The van der Waals surface area contributed by atoms with Gasteiger partial charge in [0.05, 0.1) is 11.1 Å². The highest BCUT2D eigenvalue weighted by atomic mass is 16.2. The first-order valence-electron chi connectivity index (χ1n) is 19.1. The van der Waals surface area contributed by atoms with Crippen molar-refractivity contribution in [2.75, 3.05) is 37.6 Å². The number of carbonyl (C=O) groups is 4. The van der Waals surface area contributed by atoms with Crippen LogP contribution in [0.1, 0.15) is 116 Å². The Bertz CT molecular complexity index is 1900. The molecule has 0 aromatic heterocycles. The molecule has 52 heavy (non-hydrogen) atoms. The van der Waals surface area contributed by atoms with Crippen molar-refractivity contribution < 1.29 is 19.2 Å². The van der Waals surface area contributed by atoms with Gasteiger partial charge in [-0.05, 0) is 110 Å². The number of piperidine rings is 1. The Morgan fingerprint density at radius 1 is 0.885 bits per heavy atom. The number of hydrogen-bond acceptors (Lipinski definition) is 6. The quantitative estimate of drug-likeness (QED) is 0.294. The van der Waals surface area contributed by atoms with Gasteiger partial charge in [0.2, 0.25) is 5.91 Å². The van der Waals surface area contributed by atoms with Crippen molar-refractivity contribution in [3.05, 3.63) is 77.0 Å². The zero-order chi connectivity index (χ0) is 36.6. The number of benzene rings is 2. The number of piperazine rings is 1. The fourth-order valence-corrected chi connectivity index (χ4v) is 10.9. The van der Waals surface area contributed by atoms with Crippen LogP contribution in [0.2, 0.25) is 0 Å². The Hall–Kier alpha value is -4.42. The van der Waals surface area contributed by atoms with Gasteiger partial charge in [-0.1, -0.05) is 46.1 Å². The van der Waals surface area contributed by atoms with E-state index >= 15 is 0 Å². The van der Waals surface area contributed by atoms with Crippen molar-refractivity contribution in [1.82, 2.24) is 20.4 Å². The molecule has 5 fully saturated rings. The van der Waals surface area contributed by atoms with Crippen molar-refractivity contribution in [2.45, 2.75) is 91.1 Å². The molecule has 9 nitrogen and oxygen atoms in total. The van der Waals surface area contributed by atoms with Crippen LogP contribution in [0.25, 0.3) is 0 Å². The SMILES string of the molecule is C=C1CCC(N2C(=O)c3ccc(N4CCN(CC56CCC(C#Cc7ccc(C(=O)NC8C(C)(C)CC8(C)C)cc7)(CC5)C6)CC4)cc3C2=O)C(=O)N1. The standard InChI is InChI=1S/C43H51N5O4/c1-28-6-13-34(36(50)44-28)48-37(51)32-12-11-31(24-33(32)38(48)52)47-22-20-46(21-23-47)27-43-18-16-42(26-43,17-19-43)15-14-29-7-9-30(10-8-29)35(49)45-39-40(2,3)25-41(39,4)5/h7-12,24,34,39H,1,6,13,16-23,25-27H2,2-5H3,(H,44,50)(H,45,49). The lowest BCUT2D eigenvalue weighted by Gasteiger charge is -2.57. The fraction of sp³-hybridized carbons (Fsp3) is 0.535. The lowest BCUT2D eigenvalue weighted by Crippen LogP contribution is -2.63. The van der Waals surface area contributed by atoms with Gasteiger partial charge in [-0.15, -0.1) is 0 Å². The highest BCUT2D eigenvalue weighted by molar-refractivity contribution is 6.23. The molecule has 2 aromatic carbocycles. The van der Waals surface area contributed by atoms with E-state index < -0.39 is 17.9 Å². The Morgan fingerprint density at radius 2 is 1.56 bits per heavy atom. The zero-order valence-electron chi connectivity index (χ0n) is 31.1. The summed E-state index contributed by atoms with van der Waals surface area (Å²) in [7, 11) is 0. The smallest absolute Gasteiger partial charge is 0.262 e. The van der Waals surface area contributed by atoms with Crippen LogP contribution in [0, 0.1) is 33.5 Å². The van der Waals surface area contributed by atoms with E-state index in [4.69, 9.17) is 0 Å². The van der Waals surface area contributed by atoms with Gasteiger partial charge in [0.1, 0.15) is 6.04 Å². The van der Waals surface area contributed by atoms with E-state index in [0.717, 1.165) is 74.6 Å². The first kappa shape index (κ1) is 34.7. The summed E-state index contributed by atoms with van der Waals surface area (Å²) in [5, 5.41) is 5.98. The third-order valence-electron chi connectivity index (χ3n) is 13.2. The van der Waals surface area contributed by atoms with Crippen LogP contribution < -0.4 is 15.5 Å². The molecular weight excluding hydrogens is 651 g/mol. The maximum Gasteiger partial charge on any atom is 0.262 e. The molecule has 2 N–H and O–H groups in total. The summed E-state index contributed by atoms with van der Waals surface area (Å²) in [5.74, 6) is 6.05. The summed E-state index contributed by atoms with van der Waals surface area (Å²) in [4.78, 5) is 58.3. The number of imide groups is 1. The summed E-state index contributed by atoms with van der Waals surface area (Å²) in [6.07, 6.45) is 7.89. The summed E-state index contributed by atoms with van der Waals surface area (Å²) >= 11 is 0. The third-order valence-corrected chi connectivity index (χ3v) is 13.2. The summed E-state index contributed by atoms with van der Waals surface area (Å²) in [6, 6.07) is 12.7. The van der Waals surface area contributed by atoms with Gasteiger partial charge in [0, 0.05) is 66.7 Å². The predicted molar refractivity (Wildman–Crippen MR) is 201 cm³/mol. The number of rotatable bonds is 6. The molecule has 6 aliphatic rings. The van der Waals surface area contributed by atoms with Crippen molar-refractivity contribution >= 4 is 29.3 Å². The molecule has 1 atom stereocenters. The Labute approximate surface area is 307 Å². The van der Waals surface area contributed by atoms with Crippen molar-refractivity contribution in [1.29, 1.82) is 0 Å². The van der Waals surface area contributed by atoms with Gasteiger partial charge >= 0.3 is 0 Å². The van der Waals surface area contributed by atoms with Gasteiger partial charge in [-0.25, -0.2) is 0 Å². The van der Waals surface area contributed by atoms with Crippen LogP contribution in [0.15, 0.2) is 54.7 Å². The van der Waals surface area contributed by atoms with Crippen molar-refractivity contribution in [2.24, 2.45) is 21.7 Å². The van der Waals surface area contributed by atoms with Gasteiger partial charge in [0.15, 0.2) is 0 Å². The third kappa shape index (κ3) is 6.03. The Kier molecular flexibility index (Phi) is 8.22. The molecule has 8 rings (SSSR count). The molecule has 2 bridgehead atoms. The minimum absolute atomic E-state index is 0.00898. The molecule has 0 radical (unpaired) electrons. The molecule has 272 valence electrons. The molecule has 3 aliphatic carbocycles. The van der Waals surface area contributed by atoms with E-state index in [0.29, 0.717) is 40.6 Å². The number of carbonyl (C=O) groups excluding carboxylic acids is 4. The second-order valence-electron chi connectivity index (χ2n) is 18.0. The molecule has 3 aliphatic heterocycles. The summed E-state index contributed by atoms with van der Waals surface area (Å²) < 4.78 is 0. The first-order valence-corrected chi connectivity index (χ1v) is 19.1. The first-order chi connectivity index (χ1) is 24.7. The average molecular weight is 702 g/mol. The second-order valence-corrected chi connectivity index (χ2v) is 18.0. The Morgan fingerprint density at radius 3 is 2.21 bits per heavy atom. The number of anilines is 1. The highest BCUT2D eigenvalue weighted by Crippen LogP contribution is 2.61. The number of nitrogens with one attached hydrogen (secondary N) is 2. The van der Waals surface area contributed by atoms with Crippen LogP contribution in [-0.4, -0.2) is 78.2 Å². The zero-order valence-corrected chi connectivity index (χ0v) is 31.1. The topological polar surface area (TPSA) is 102 Å². The van der Waals surface area contributed by atoms with Crippen LogP contribution in [0.4, 0.5) is 5.69 Å². The lowest BCUT2D eigenvalue weighted by molar-refractivity contribution is -0.125. The molecule has 1 unspecified atom stereocenters. The maximum atomic E-state index is 13.4. The summed E-state index contributed by atoms with van der Waals surface area (Å²) in [6.45, 7) is 17.4. The van der Waals surface area contributed by atoms with E-state index in [9.17, 15) is 19.2 Å². The predicted octanol–water partition coefficient (Wildman–Crippen LogP) is 5.75. The molecule has 2 aromatic rings. The van der Waals surface area contributed by atoms with Crippen LogP contribution in [-0.2, 0) is 4.79 Å². The highest BCUT2D eigenvalue weighted by Gasteiger charge is 2.55. The number of hydrogen-bond donors (Lipinski definition) is 2. The monoisotopic (exact) mass is 701 g/mol. The minimum atomic E-state index is -0.802. The van der Waals surface area contributed by atoms with E-state index in [1.54, 1.807) is 6.07 Å². The van der Waals surface area contributed by atoms with E-state index in [1.165, 1.54) is 12.8 Å². The van der Waals surface area contributed by atoms with Gasteiger partial charge in [-0.2, -0.15) is 0 Å². The van der Waals surface area contributed by atoms with Crippen LogP contribution >= 0.6 is 0 Å². The lowest BCUT2D eigenvalue weighted by atomic mass is 9.52. The second kappa shape index (κ2) is 12.3. The largest absolute Gasteiger partial charge is 0.369 e.